The molecule has 0 amide bonds. The molecule has 1 N–H and O–H groups in total. The summed E-state index contributed by atoms with van der Waals surface area (Å²) in [4.78, 5) is 0. The zero-order chi connectivity index (χ0) is 9.84. The van der Waals surface area contributed by atoms with Gasteiger partial charge in [0.25, 0.3) is 0 Å². The summed E-state index contributed by atoms with van der Waals surface area (Å²) in [6, 6.07) is 0. The van der Waals surface area contributed by atoms with Crippen molar-refractivity contribution in [2.45, 2.75) is 32.5 Å². The molecule has 13 heavy (non-hydrogen) atoms. The van der Waals surface area contributed by atoms with Gasteiger partial charge in [-0.3, -0.25) is 0 Å². The van der Waals surface area contributed by atoms with Crippen molar-refractivity contribution in [3.8, 4) is 0 Å². The molecular formula is C10H20O3. The number of methoxy groups -OCH3 is 1. The topological polar surface area (TPSA) is 38.7 Å². The minimum Gasteiger partial charge on any atom is -0.390 e. The van der Waals surface area contributed by atoms with Gasteiger partial charge in [0.1, 0.15) is 0 Å². The van der Waals surface area contributed by atoms with E-state index in [1.807, 2.05) is 0 Å². The van der Waals surface area contributed by atoms with E-state index >= 15 is 0 Å². The zero-order valence-electron chi connectivity index (χ0n) is 8.69. The number of aliphatic hydroxyl groups excluding tert-OH is 1. The van der Waals surface area contributed by atoms with Gasteiger partial charge in [0.2, 0.25) is 0 Å². The Labute approximate surface area is 80.0 Å². The van der Waals surface area contributed by atoms with Crippen LogP contribution in [0.1, 0.15) is 20.3 Å². The molecule has 1 fully saturated rings. The number of hydrogen-bond acceptors (Lipinski definition) is 3. The van der Waals surface area contributed by atoms with Gasteiger partial charge in [0, 0.05) is 19.6 Å². The van der Waals surface area contributed by atoms with Crippen LogP contribution in [0.15, 0.2) is 0 Å². The number of rotatable bonds is 4. The van der Waals surface area contributed by atoms with E-state index in [0.29, 0.717) is 12.5 Å². The van der Waals surface area contributed by atoms with E-state index in [4.69, 9.17) is 9.47 Å². The number of ether oxygens (including phenoxy) is 2. The van der Waals surface area contributed by atoms with Crippen molar-refractivity contribution in [3.63, 3.8) is 0 Å². The van der Waals surface area contributed by atoms with E-state index in [0.717, 1.165) is 13.0 Å². The number of aliphatic hydroxyl groups is 1. The minimum atomic E-state index is -0.382. The van der Waals surface area contributed by atoms with E-state index in [9.17, 15) is 5.11 Å². The lowest BCUT2D eigenvalue weighted by atomic mass is 9.91. The highest BCUT2D eigenvalue weighted by molar-refractivity contribution is 4.81. The van der Waals surface area contributed by atoms with Crippen molar-refractivity contribution in [3.05, 3.63) is 0 Å². The first-order valence-electron chi connectivity index (χ1n) is 4.95. The maximum Gasteiger partial charge on any atom is 0.0856 e. The van der Waals surface area contributed by atoms with Gasteiger partial charge >= 0.3 is 0 Å². The van der Waals surface area contributed by atoms with Gasteiger partial charge in [-0.1, -0.05) is 13.8 Å². The molecule has 0 radical (unpaired) electrons. The average Bonchev–Trinajstić information content (AvgIpc) is 2.56. The second kappa shape index (κ2) is 4.94. The first-order chi connectivity index (χ1) is 6.16. The van der Waals surface area contributed by atoms with E-state index in [2.05, 4.69) is 13.8 Å². The molecule has 3 heteroatoms. The molecule has 1 aliphatic heterocycles. The molecule has 3 atom stereocenters. The Morgan fingerprint density at radius 2 is 2.15 bits per heavy atom. The second-order valence-corrected chi connectivity index (χ2v) is 4.06. The van der Waals surface area contributed by atoms with Crippen LogP contribution in [-0.4, -0.2) is 37.6 Å². The van der Waals surface area contributed by atoms with Crippen molar-refractivity contribution in [1.82, 2.24) is 0 Å². The van der Waals surface area contributed by atoms with E-state index in [1.54, 1.807) is 7.11 Å². The van der Waals surface area contributed by atoms with Crippen LogP contribution in [0.4, 0.5) is 0 Å². The van der Waals surface area contributed by atoms with Gasteiger partial charge in [-0.05, 0) is 12.3 Å². The summed E-state index contributed by atoms with van der Waals surface area (Å²) in [5, 5.41) is 9.97. The van der Waals surface area contributed by atoms with Crippen LogP contribution in [0.5, 0.6) is 0 Å². The molecule has 1 saturated heterocycles. The van der Waals surface area contributed by atoms with Crippen molar-refractivity contribution >= 4 is 0 Å². The molecule has 78 valence electrons. The molecule has 1 aliphatic rings. The molecule has 1 rings (SSSR count). The quantitative estimate of drug-likeness (QED) is 0.717. The fourth-order valence-electron chi connectivity index (χ4n) is 1.90. The highest BCUT2D eigenvalue weighted by atomic mass is 16.5. The Hall–Kier alpha value is -0.120. The summed E-state index contributed by atoms with van der Waals surface area (Å²) in [5.74, 6) is 0.605. The molecular weight excluding hydrogens is 168 g/mol. The third-order valence-electron chi connectivity index (χ3n) is 2.71. The molecule has 0 aliphatic carbocycles. The standard InChI is InChI=1S/C10H20O3/c1-7(2)10(12-3)9(11)8-4-5-13-6-8/h7-11H,4-6H2,1-3H3. The Morgan fingerprint density at radius 3 is 2.54 bits per heavy atom. The summed E-state index contributed by atoms with van der Waals surface area (Å²) in [6.07, 6.45) is 0.507. The summed E-state index contributed by atoms with van der Waals surface area (Å²) in [5.41, 5.74) is 0. The van der Waals surface area contributed by atoms with Crippen LogP contribution >= 0.6 is 0 Å². The predicted octanol–water partition coefficient (Wildman–Crippen LogP) is 1.05. The predicted molar refractivity (Wildman–Crippen MR) is 50.6 cm³/mol. The SMILES string of the molecule is COC(C(C)C)C(O)C1CCOC1. The van der Waals surface area contributed by atoms with E-state index in [1.165, 1.54) is 0 Å². The zero-order valence-corrected chi connectivity index (χ0v) is 8.69. The molecule has 0 bridgehead atoms. The van der Waals surface area contributed by atoms with Crippen molar-refractivity contribution in [2.75, 3.05) is 20.3 Å². The lowest BCUT2D eigenvalue weighted by Gasteiger charge is -2.28. The van der Waals surface area contributed by atoms with Crippen LogP contribution < -0.4 is 0 Å². The minimum absolute atomic E-state index is 0.0632. The van der Waals surface area contributed by atoms with Crippen LogP contribution in [0.25, 0.3) is 0 Å². The molecule has 3 nitrogen and oxygen atoms in total. The summed E-state index contributed by atoms with van der Waals surface area (Å²) < 4.78 is 10.5. The summed E-state index contributed by atoms with van der Waals surface area (Å²) >= 11 is 0. The maximum absolute atomic E-state index is 9.97. The fourth-order valence-corrected chi connectivity index (χ4v) is 1.90. The first-order valence-corrected chi connectivity index (χ1v) is 4.95. The van der Waals surface area contributed by atoms with Crippen LogP contribution in [0.3, 0.4) is 0 Å². The third kappa shape index (κ3) is 2.66. The van der Waals surface area contributed by atoms with Gasteiger partial charge in [-0.2, -0.15) is 0 Å². The smallest absolute Gasteiger partial charge is 0.0856 e. The van der Waals surface area contributed by atoms with Crippen molar-refractivity contribution in [2.24, 2.45) is 11.8 Å². The highest BCUT2D eigenvalue weighted by Crippen LogP contribution is 2.23. The van der Waals surface area contributed by atoms with Gasteiger partial charge in [-0.15, -0.1) is 0 Å². The molecule has 0 saturated carbocycles. The average molecular weight is 188 g/mol. The van der Waals surface area contributed by atoms with E-state index < -0.39 is 0 Å². The van der Waals surface area contributed by atoms with Gasteiger partial charge in [-0.25, -0.2) is 0 Å². The Morgan fingerprint density at radius 1 is 1.46 bits per heavy atom. The molecule has 1 heterocycles. The molecule has 3 unspecified atom stereocenters. The molecule has 0 spiro atoms. The van der Waals surface area contributed by atoms with Gasteiger partial charge in [0.05, 0.1) is 18.8 Å². The van der Waals surface area contributed by atoms with Crippen molar-refractivity contribution < 1.29 is 14.6 Å². The van der Waals surface area contributed by atoms with Crippen LogP contribution in [-0.2, 0) is 9.47 Å². The van der Waals surface area contributed by atoms with Crippen LogP contribution in [0.2, 0.25) is 0 Å². The van der Waals surface area contributed by atoms with Crippen LogP contribution in [0, 0.1) is 11.8 Å². The second-order valence-electron chi connectivity index (χ2n) is 4.06. The summed E-state index contributed by atoms with van der Waals surface area (Å²) in [6.45, 7) is 5.57. The normalized spacial score (nSPS) is 27.9. The Balaban J connectivity index is 2.46. The molecule has 0 aromatic rings. The summed E-state index contributed by atoms with van der Waals surface area (Å²) in [7, 11) is 1.66. The highest BCUT2D eigenvalue weighted by Gasteiger charge is 2.32. The first kappa shape index (κ1) is 11.0. The lowest BCUT2D eigenvalue weighted by Crippen LogP contribution is -2.38. The van der Waals surface area contributed by atoms with E-state index in [-0.39, 0.29) is 18.1 Å². The third-order valence-corrected chi connectivity index (χ3v) is 2.71. The Kier molecular flexibility index (Phi) is 4.16. The molecule has 0 aromatic carbocycles. The van der Waals surface area contributed by atoms with Gasteiger partial charge in [0.15, 0.2) is 0 Å². The maximum atomic E-state index is 9.97. The fraction of sp³-hybridized carbons (Fsp3) is 1.00. The largest absolute Gasteiger partial charge is 0.390 e. The van der Waals surface area contributed by atoms with Crippen molar-refractivity contribution in [1.29, 1.82) is 0 Å². The molecule has 0 aromatic heterocycles. The Bertz CT molecular complexity index is 141. The monoisotopic (exact) mass is 188 g/mol. The van der Waals surface area contributed by atoms with Gasteiger partial charge < -0.3 is 14.6 Å². The number of hydrogen-bond donors (Lipinski definition) is 1. The lowest BCUT2D eigenvalue weighted by molar-refractivity contribution is -0.0644.